The third-order valence-corrected chi connectivity index (χ3v) is 5.02. The van der Waals surface area contributed by atoms with E-state index < -0.39 is 0 Å². The van der Waals surface area contributed by atoms with Crippen LogP contribution in [0.15, 0.2) is 60.7 Å². The zero-order chi connectivity index (χ0) is 23.6. The van der Waals surface area contributed by atoms with Gasteiger partial charge in [-0.05, 0) is 54.4 Å². The van der Waals surface area contributed by atoms with Gasteiger partial charge in [0.15, 0.2) is 0 Å². The molecule has 0 bridgehead atoms. The first kappa shape index (κ1) is 23.8. The minimum Gasteiger partial charge on any atom is -0.493 e. The highest BCUT2D eigenvalue weighted by Gasteiger charge is 2.16. The second-order valence-electron chi connectivity index (χ2n) is 7.48. The van der Waals surface area contributed by atoms with Gasteiger partial charge in [-0.25, -0.2) is 0 Å². The summed E-state index contributed by atoms with van der Waals surface area (Å²) in [6, 6.07) is 18.1. The number of carbonyl (C=O) groups is 3. The molecule has 3 aromatic carbocycles. The van der Waals surface area contributed by atoms with Gasteiger partial charge in [-0.2, -0.15) is 0 Å². The third-order valence-electron chi connectivity index (χ3n) is 5.02. The predicted molar refractivity (Wildman–Crippen MR) is 130 cm³/mol. The van der Waals surface area contributed by atoms with Crippen LogP contribution in [0.5, 0.6) is 5.75 Å². The quantitative estimate of drug-likeness (QED) is 0.407. The number of benzene rings is 3. The van der Waals surface area contributed by atoms with Gasteiger partial charge in [-0.1, -0.05) is 37.3 Å². The fourth-order valence-corrected chi connectivity index (χ4v) is 3.46. The number of hydrogen-bond acceptors (Lipinski definition) is 4. The van der Waals surface area contributed by atoms with E-state index in [0.717, 1.165) is 17.2 Å². The van der Waals surface area contributed by atoms with Crippen molar-refractivity contribution in [1.29, 1.82) is 0 Å². The van der Waals surface area contributed by atoms with E-state index in [1.165, 1.54) is 0 Å². The second kappa shape index (κ2) is 11.7. The number of hydrogen-bond donors (Lipinski definition) is 3. The zero-order valence-corrected chi connectivity index (χ0v) is 18.9. The Labute approximate surface area is 193 Å². The maximum absolute atomic E-state index is 12.9. The van der Waals surface area contributed by atoms with Crippen LogP contribution in [-0.2, 0) is 4.79 Å². The molecule has 3 aromatic rings. The average molecular weight is 448 g/mol. The molecule has 0 saturated carbocycles. The molecule has 3 rings (SSSR count). The Morgan fingerprint density at radius 3 is 2.21 bits per heavy atom. The lowest BCUT2D eigenvalue weighted by atomic mass is 10.0. The highest BCUT2D eigenvalue weighted by atomic mass is 16.5. The van der Waals surface area contributed by atoms with Crippen LogP contribution in [0.1, 0.15) is 47.4 Å². The van der Waals surface area contributed by atoms with Crippen LogP contribution in [-0.4, -0.2) is 37.4 Å². The summed E-state index contributed by atoms with van der Waals surface area (Å²) in [5.41, 5.74) is 1.61. The lowest BCUT2D eigenvalue weighted by Gasteiger charge is -2.14. The van der Waals surface area contributed by atoms with Crippen molar-refractivity contribution in [2.45, 2.75) is 26.7 Å². The van der Waals surface area contributed by atoms with Gasteiger partial charge in [0, 0.05) is 30.8 Å². The molecule has 0 spiro atoms. The number of ether oxygens (including phenoxy) is 1. The van der Waals surface area contributed by atoms with Gasteiger partial charge in [0.05, 0.1) is 12.2 Å². The summed E-state index contributed by atoms with van der Waals surface area (Å²) in [7, 11) is 0. The minimum atomic E-state index is -0.254. The first-order valence-electron chi connectivity index (χ1n) is 11.1. The van der Waals surface area contributed by atoms with Crippen molar-refractivity contribution in [2.24, 2.45) is 0 Å². The van der Waals surface area contributed by atoms with Crippen molar-refractivity contribution in [3.63, 3.8) is 0 Å². The normalized spacial score (nSPS) is 10.5. The first-order chi connectivity index (χ1) is 16.0. The molecule has 0 unspecified atom stereocenters. The standard InChI is InChI=1S/C26H29N3O4/c1-3-7-23(30)29-20-13-10-19(11-14-20)25(31)27-16-17-28-26(32)24-21-9-6-5-8-18(21)12-15-22(24)33-4-2/h5-6,8-15H,3-4,7,16-17H2,1-2H3,(H,27,31)(H,28,32)(H,29,30). The maximum atomic E-state index is 12.9. The van der Waals surface area contributed by atoms with E-state index in [9.17, 15) is 14.4 Å². The SMILES string of the molecule is CCCC(=O)Nc1ccc(C(=O)NCCNC(=O)c2c(OCC)ccc3ccccc23)cc1. The molecule has 33 heavy (non-hydrogen) atoms. The molecular formula is C26H29N3O4. The maximum Gasteiger partial charge on any atom is 0.255 e. The van der Waals surface area contributed by atoms with E-state index in [-0.39, 0.29) is 30.8 Å². The molecule has 7 heteroatoms. The molecular weight excluding hydrogens is 418 g/mol. The molecule has 3 amide bonds. The fraction of sp³-hybridized carbons (Fsp3) is 0.269. The molecule has 0 aromatic heterocycles. The second-order valence-corrected chi connectivity index (χ2v) is 7.48. The lowest BCUT2D eigenvalue weighted by molar-refractivity contribution is -0.116. The van der Waals surface area contributed by atoms with Gasteiger partial charge in [0.2, 0.25) is 5.91 Å². The van der Waals surface area contributed by atoms with Crippen molar-refractivity contribution in [2.75, 3.05) is 25.0 Å². The van der Waals surface area contributed by atoms with Gasteiger partial charge >= 0.3 is 0 Å². The van der Waals surface area contributed by atoms with Crippen molar-refractivity contribution < 1.29 is 19.1 Å². The highest BCUT2D eigenvalue weighted by molar-refractivity contribution is 6.09. The van der Waals surface area contributed by atoms with Crippen molar-refractivity contribution in [1.82, 2.24) is 10.6 Å². The molecule has 0 aliphatic heterocycles. The molecule has 0 aliphatic carbocycles. The molecule has 0 aliphatic rings. The van der Waals surface area contributed by atoms with Crippen molar-refractivity contribution >= 4 is 34.2 Å². The lowest BCUT2D eigenvalue weighted by Crippen LogP contribution is -2.35. The van der Waals surface area contributed by atoms with Gasteiger partial charge in [-0.3, -0.25) is 14.4 Å². The Morgan fingerprint density at radius 1 is 0.818 bits per heavy atom. The van der Waals surface area contributed by atoms with Gasteiger partial charge in [0.25, 0.3) is 11.8 Å². The molecule has 0 fully saturated rings. The van der Waals surface area contributed by atoms with Crippen LogP contribution in [0, 0.1) is 0 Å². The zero-order valence-electron chi connectivity index (χ0n) is 18.9. The van der Waals surface area contributed by atoms with E-state index in [1.807, 2.05) is 44.2 Å². The number of rotatable bonds is 10. The van der Waals surface area contributed by atoms with Crippen molar-refractivity contribution in [3.8, 4) is 5.75 Å². The summed E-state index contributed by atoms with van der Waals surface area (Å²) in [5, 5.41) is 10.2. The van der Waals surface area contributed by atoms with Crippen LogP contribution < -0.4 is 20.7 Å². The molecule has 0 saturated heterocycles. The Balaban J connectivity index is 1.55. The first-order valence-corrected chi connectivity index (χ1v) is 11.1. The van der Waals surface area contributed by atoms with Crippen LogP contribution >= 0.6 is 0 Å². The molecule has 3 N–H and O–H groups in total. The van der Waals surface area contributed by atoms with Crippen LogP contribution in [0.4, 0.5) is 5.69 Å². The number of fused-ring (bicyclic) bond motifs is 1. The molecule has 0 atom stereocenters. The smallest absolute Gasteiger partial charge is 0.255 e. The number of anilines is 1. The predicted octanol–water partition coefficient (Wildman–Crippen LogP) is 4.14. The van der Waals surface area contributed by atoms with Gasteiger partial charge < -0.3 is 20.7 Å². The largest absolute Gasteiger partial charge is 0.493 e. The third kappa shape index (κ3) is 6.32. The summed E-state index contributed by atoms with van der Waals surface area (Å²) in [6.07, 6.45) is 1.23. The highest BCUT2D eigenvalue weighted by Crippen LogP contribution is 2.28. The molecule has 0 radical (unpaired) electrons. The Kier molecular flexibility index (Phi) is 8.41. The summed E-state index contributed by atoms with van der Waals surface area (Å²) >= 11 is 0. The molecule has 172 valence electrons. The fourth-order valence-electron chi connectivity index (χ4n) is 3.46. The van der Waals surface area contributed by atoms with Crippen molar-refractivity contribution in [3.05, 3.63) is 71.8 Å². The van der Waals surface area contributed by atoms with E-state index in [4.69, 9.17) is 4.74 Å². The van der Waals surface area contributed by atoms with E-state index in [0.29, 0.717) is 35.6 Å². The Hall–Kier alpha value is -3.87. The summed E-state index contributed by atoms with van der Waals surface area (Å²) in [4.78, 5) is 36.9. The van der Waals surface area contributed by atoms with Crippen LogP contribution in [0.2, 0.25) is 0 Å². The number of nitrogens with one attached hydrogen (secondary N) is 3. The minimum absolute atomic E-state index is 0.0517. The number of carbonyl (C=O) groups excluding carboxylic acids is 3. The van der Waals surface area contributed by atoms with Crippen LogP contribution in [0.3, 0.4) is 0 Å². The Bertz CT molecular complexity index is 1130. The molecule has 7 nitrogen and oxygen atoms in total. The monoisotopic (exact) mass is 447 g/mol. The summed E-state index contributed by atoms with van der Waals surface area (Å²) in [6.45, 7) is 4.81. The van der Waals surface area contributed by atoms with Gasteiger partial charge in [0.1, 0.15) is 5.75 Å². The summed E-state index contributed by atoms with van der Waals surface area (Å²) in [5.74, 6) is -0.0273. The van der Waals surface area contributed by atoms with Gasteiger partial charge in [-0.15, -0.1) is 0 Å². The van der Waals surface area contributed by atoms with E-state index >= 15 is 0 Å². The Morgan fingerprint density at radius 2 is 1.52 bits per heavy atom. The summed E-state index contributed by atoms with van der Waals surface area (Å²) < 4.78 is 5.66. The van der Waals surface area contributed by atoms with Crippen LogP contribution in [0.25, 0.3) is 10.8 Å². The van der Waals surface area contributed by atoms with E-state index in [1.54, 1.807) is 30.3 Å². The molecule has 0 heterocycles. The van der Waals surface area contributed by atoms with E-state index in [2.05, 4.69) is 16.0 Å². The number of amides is 3. The topological polar surface area (TPSA) is 96.5 Å². The average Bonchev–Trinajstić information content (AvgIpc) is 2.82.